The smallest absolute Gasteiger partial charge is 0.0616 e. The van der Waals surface area contributed by atoms with E-state index in [1.54, 1.807) is 0 Å². The molecule has 0 spiro atoms. The lowest BCUT2D eigenvalue weighted by atomic mass is 9.85. The van der Waals surface area contributed by atoms with E-state index >= 15 is 0 Å². The maximum absolute atomic E-state index is 2.51. The third-order valence-corrected chi connectivity index (χ3v) is 18.3. The van der Waals surface area contributed by atoms with Crippen molar-refractivity contribution in [3.63, 3.8) is 0 Å². The van der Waals surface area contributed by atoms with Crippen molar-refractivity contribution in [1.29, 1.82) is 0 Å². The van der Waals surface area contributed by atoms with Gasteiger partial charge in [0.1, 0.15) is 0 Å². The molecule has 0 atom stereocenters. The molecule has 15 rings (SSSR count). The van der Waals surface area contributed by atoms with Crippen LogP contribution in [0, 0.1) is 0 Å². The summed E-state index contributed by atoms with van der Waals surface area (Å²) >= 11 is 7.52. The first-order valence-corrected chi connectivity index (χ1v) is 26.2. The molecule has 2 aliphatic heterocycles. The van der Waals surface area contributed by atoms with Crippen molar-refractivity contribution in [2.75, 3.05) is 9.80 Å². The molecule has 6 heteroatoms. The number of thiophene rings is 2. The highest BCUT2D eigenvalue weighted by Gasteiger charge is 2.30. The molecule has 0 unspecified atom stereocenters. The average Bonchev–Trinajstić information content (AvgIpc) is 3.94. The van der Waals surface area contributed by atoms with Gasteiger partial charge in [-0.1, -0.05) is 157 Å². The summed E-state index contributed by atoms with van der Waals surface area (Å²) in [5.41, 5.74) is 12.0. The van der Waals surface area contributed by atoms with Crippen LogP contribution in [0.15, 0.2) is 238 Å². The third kappa shape index (κ3) is 5.85. The fourth-order valence-corrected chi connectivity index (χ4v) is 15.2. The fourth-order valence-electron chi connectivity index (χ4n) is 10.8. The molecule has 0 saturated carbocycles. The van der Waals surface area contributed by atoms with Crippen LogP contribution in [0.3, 0.4) is 0 Å². The monoisotopic (exact) mass is 936 g/mol. The first-order chi connectivity index (χ1) is 33.7. The Bertz CT molecular complexity index is 3960. The lowest BCUT2D eigenvalue weighted by Gasteiger charge is -2.34. The van der Waals surface area contributed by atoms with Gasteiger partial charge in [-0.2, -0.15) is 0 Å². The van der Waals surface area contributed by atoms with E-state index in [2.05, 4.69) is 228 Å². The molecule has 0 fully saturated rings. The van der Waals surface area contributed by atoms with Crippen molar-refractivity contribution >= 4 is 142 Å². The average molecular weight is 937 g/mol. The summed E-state index contributed by atoms with van der Waals surface area (Å²) in [5.74, 6) is 0. The van der Waals surface area contributed by atoms with Crippen molar-refractivity contribution < 1.29 is 0 Å². The van der Waals surface area contributed by atoms with Crippen molar-refractivity contribution in [1.82, 2.24) is 0 Å². The first-order valence-electron chi connectivity index (χ1n) is 22.9. The summed E-state index contributed by atoms with van der Waals surface area (Å²) in [6.45, 7) is 0. The third-order valence-electron chi connectivity index (χ3n) is 13.8. The number of hydrogen-bond acceptors (Lipinski definition) is 6. The summed E-state index contributed by atoms with van der Waals surface area (Å²) in [4.78, 5) is 10.1. The molecule has 2 aromatic heterocycles. The zero-order valence-corrected chi connectivity index (χ0v) is 39.6. The normalized spacial score (nSPS) is 13.1. The van der Waals surface area contributed by atoms with E-state index in [1.807, 2.05) is 46.2 Å². The van der Waals surface area contributed by atoms with Gasteiger partial charge in [-0.15, -0.1) is 22.7 Å². The van der Waals surface area contributed by atoms with Crippen LogP contribution in [0.5, 0.6) is 0 Å². The second-order valence-electron chi connectivity index (χ2n) is 17.6. The van der Waals surface area contributed by atoms with Crippen molar-refractivity contribution in [2.45, 2.75) is 19.6 Å². The van der Waals surface area contributed by atoms with E-state index < -0.39 is 0 Å². The Hall–Kier alpha value is -7.32. The van der Waals surface area contributed by atoms with Crippen LogP contribution < -0.4 is 9.80 Å². The highest BCUT2D eigenvalue weighted by atomic mass is 32.2. The summed E-state index contributed by atoms with van der Waals surface area (Å²) in [6.07, 6.45) is 0. The minimum atomic E-state index is 1.14. The quantitative estimate of drug-likeness (QED) is 0.162. The van der Waals surface area contributed by atoms with E-state index in [1.165, 1.54) is 126 Å². The Morgan fingerprint density at radius 3 is 1.13 bits per heavy atom. The Balaban J connectivity index is 0.996. The summed E-state index contributed by atoms with van der Waals surface area (Å²) in [7, 11) is 0. The number of para-hydroxylation sites is 2. The molecule has 4 heterocycles. The van der Waals surface area contributed by atoms with E-state index in [0.29, 0.717) is 0 Å². The standard InChI is InChI=1S/C62H36N2S4/c1-3-15-37(16-4-1)61-43-29-27-40(64-50-22-10-14-26-56(50)68-60-34-46-42-20-8-12-24-54(42)66-58(46)36-52(60)64)32-48(43)62(38-17-5-2-6-18-38)44-30-28-39(31-47(44)61)63-49-21-9-13-25-55(49)67-59-33-45-41-19-7-11-23-53(41)65-57(45)35-51(59)63/h1-36H. The zero-order chi connectivity index (χ0) is 44.5. The number of hydrogen-bond donors (Lipinski definition) is 0. The predicted octanol–water partition coefficient (Wildman–Crippen LogP) is 19.9. The van der Waals surface area contributed by atoms with Crippen LogP contribution in [-0.2, 0) is 0 Å². The van der Waals surface area contributed by atoms with Gasteiger partial charge in [0.05, 0.1) is 22.7 Å². The van der Waals surface area contributed by atoms with Crippen LogP contribution in [0.1, 0.15) is 0 Å². The van der Waals surface area contributed by atoms with Gasteiger partial charge < -0.3 is 9.80 Å². The van der Waals surface area contributed by atoms with E-state index in [0.717, 1.165) is 11.4 Å². The van der Waals surface area contributed by atoms with Crippen molar-refractivity contribution in [3.05, 3.63) is 218 Å². The molecule has 0 radical (unpaired) electrons. The molecular weight excluding hydrogens is 901 g/mol. The lowest BCUT2D eigenvalue weighted by Crippen LogP contribution is -2.15. The number of benzene rings is 11. The van der Waals surface area contributed by atoms with E-state index in [4.69, 9.17) is 0 Å². The van der Waals surface area contributed by atoms with E-state index in [9.17, 15) is 0 Å². The Kier molecular flexibility index (Phi) is 8.60. The fraction of sp³-hybridized carbons (Fsp3) is 0. The van der Waals surface area contributed by atoms with Crippen LogP contribution in [-0.4, -0.2) is 0 Å². The number of nitrogens with zero attached hydrogens (tertiary/aromatic N) is 2. The van der Waals surface area contributed by atoms with Crippen LogP contribution in [0.25, 0.3) is 84.1 Å². The Morgan fingerprint density at radius 1 is 0.250 bits per heavy atom. The van der Waals surface area contributed by atoms with Gasteiger partial charge in [0.2, 0.25) is 0 Å². The van der Waals surface area contributed by atoms with Gasteiger partial charge in [-0.05, 0) is 129 Å². The van der Waals surface area contributed by atoms with Gasteiger partial charge in [0.15, 0.2) is 0 Å². The minimum Gasteiger partial charge on any atom is -0.308 e. The molecule has 0 amide bonds. The van der Waals surface area contributed by atoms with Gasteiger partial charge in [0, 0.05) is 71.3 Å². The topological polar surface area (TPSA) is 6.48 Å². The van der Waals surface area contributed by atoms with E-state index in [-0.39, 0.29) is 0 Å². The van der Waals surface area contributed by atoms with Crippen molar-refractivity contribution in [2.24, 2.45) is 0 Å². The Morgan fingerprint density at radius 2 is 0.662 bits per heavy atom. The van der Waals surface area contributed by atoms with Crippen molar-refractivity contribution in [3.8, 4) is 22.3 Å². The summed E-state index contributed by atoms with van der Waals surface area (Å²) in [6, 6.07) is 81.6. The van der Waals surface area contributed by atoms with Gasteiger partial charge in [-0.3, -0.25) is 0 Å². The molecule has 0 aliphatic carbocycles. The second kappa shape index (κ2) is 15.1. The highest BCUT2D eigenvalue weighted by molar-refractivity contribution is 8.00. The Labute approximate surface area is 409 Å². The first kappa shape index (κ1) is 38.8. The summed E-state index contributed by atoms with van der Waals surface area (Å²) in [5, 5.41) is 10.2. The van der Waals surface area contributed by atoms with Crippen LogP contribution >= 0.6 is 46.2 Å². The van der Waals surface area contributed by atoms with Gasteiger partial charge in [-0.25, -0.2) is 0 Å². The molecule has 0 bridgehead atoms. The number of rotatable bonds is 4. The van der Waals surface area contributed by atoms with Crippen LogP contribution in [0.4, 0.5) is 34.1 Å². The molecule has 318 valence electrons. The summed E-state index contributed by atoms with van der Waals surface area (Å²) < 4.78 is 5.25. The SMILES string of the molecule is c1ccc(-c2c3ccc(N4c5ccccc5Sc5cc6c(cc54)sc4ccccc46)cc3c(-c3ccccc3)c3ccc(N4c5ccccc5Sc5cc6c(cc54)sc4ccccc46)cc23)cc1. The van der Waals surface area contributed by atoms with Crippen LogP contribution in [0.2, 0.25) is 0 Å². The van der Waals surface area contributed by atoms with Gasteiger partial charge >= 0.3 is 0 Å². The zero-order valence-electron chi connectivity index (χ0n) is 36.3. The molecule has 11 aromatic carbocycles. The second-order valence-corrected chi connectivity index (χ2v) is 21.9. The largest absolute Gasteiger partial charge is 0.308 e. The predicted molar refractivity (Wildman–Crippen MR) is 296 cm³/mol. The molecular formula is C62H36N2S4. The lowest BCUT2D eigenvalue weighted by molar-refractivity contribution is 1.18. The van der Waals surface area contributed by atoms with Gasteiger partial charge in [0.25, 0.3) is 0 Å². The maximum atomic E-state index is 2.51. The minimum absolute atomic E-state index is 1.14. The maximum Gasteiger partial charge on any atom is 0.0616 e. The number of fused-ring (bicyclic) bond motifs is 12. The molecule has 2 nitrogen and oxygen atoms in total. The molecule has 2 aliphatic rings. The molecule has 0 saturated heterocycles. The number of anilines is 6. The highest BCUT2D eigenvalue weighted by Crippen LogP contribution is 2.57. The molecule has 68 heavy (non-hydrogen) atoms. The molecule has 0 N–H and O–H groups in total. The molecule has 13 aromatic rings.